The average molecular weight is 227 g/mol. The van der Waals surface area contributed by atoms with Crippen LogP contribution in [0.3, 0.4) is 0 Å². The number of ether oxygens (including phenoxy) is 1. The highest BCUT2D eigenvalue weighted by molar-refractivity contribution is 7.99. The van der Waals surface area contributed by atoms with E-state index in [-0.39, 0.29) is 5.56 Å². The summed E-state index contributed by atoms with van der Waals surface area (Å²) in [7, 11) is 1.57. The monoisotopic (exact) mass is 227 g/mol. The molecule has 0 aromatic carbocycles. The number of aryl methyl sites for hydroxylation is 2. The van der Waals surface area contributed by atoms with Crippen LogP contribution in [0.15, 0.2) is 11.1 Å². The van der Waals surface area contributed by atoms with Crippen molar-refractivity contribution in [2.24, 2.45) is 0 Å². The van der Waals surface area contributed by atoms with Gasteiger partial charge in [-0.1, -0.05) is 11.8 Å². The Balaban J connectivity index is 3.14. The van der Waals surface area contributed by atoms with Crippen LogP contribution in [0.5, 0.6) is 0 Å². The molecule has 0 fully saturated rings. The van der Waals surface area contributed by atoms with E-state index >= 15 is 0 Å². The first-order chi connectivity index (χ1) is 7.06. The van der Waals surface area contributed by atoms with Gasteiger partial charge in [-0.2, -0.15) is 0 Å². The van der Waals surface area contributed by atoms with Crippen molar-refractivity contribution in [1.82, 2.24) is 4.98 Å². The molecule has 0 saturated carbocycles. The van der Waals surface area contributed by atoms with E-state index in [1.807, 2.05) is 6.92 Å². The number of carboxylic acids is 1. The summed E-state index contributed by atoms with van der Waals surface area (Å²) in [6, 6.07) is 1.76. The van der Waals surface area contributed by atoms with Crippen molar-refractivity contribution in [2.45, 2.75) is 18.9 Å². The number of hydrogen-bond donors (Lipinski definition) is 1. The lowest BCUT2D eigenvalue weighted by Gasteiger charge is -2.08. The second kappa shape index (κ2) is 5.14. The van der Waals surface area contributed by atoms with E-state index < -0.39 is 5.97 Å². The van der Waals surface area contributed by atoms with Gasteiger partial charge in [0.05, 0.1) is 11.5 Å². The number of hydrogen-bond acceptors (Lipinski definition) is 4. The van der Waals surface area contributed by atoms with E-state index in [0.717, 1.165) is 11.3 Å². The van der Waals surface area contributed by atoms with E-state index in [0.29, 0.717) is 11.0 Å². The minimum absolute atomic E-state index is 0.266. The second-order valence-corrected chi connectivity index (χ2v) is 4.03. The summed E-state index contributed by atoms with van der Waals surface area (Å²) in [6.45, 7) is 3.62. The van der Waals surface area contributed by atoms with Crippen LogP contribution >= 0.6 is 11.8 Å². The molecule has 0 atom stereocenters. The highest BCUT2D eigenvalue weighted by Gasteiger charge is 2.15. The number of pyridine rings is 1. The predicted molar refractivity (Wildman–Crippen MR) is 58.4 cm³/mol. The van der Waals surface area contributed by atoms with Crippen molar-refractivity contribution in [3.63, 3.8) is 0 Å². The standard InChI is InChI=1S/C10H13NO3S/c1-6-4-7(2)11-9(15-5-14-3)8(6)10(12)13/h4H,5H2,1-3H3,(H,12,13). The fourth-order valence-electron chi connectivity index (χ4n) is 1.28. The van der Waals surface area contributed by atoms with Crippen molar-refractivity contribution >= 4 is 17.7 Å². The summed E-state index contributed by atoms with van der Waals surface area (Å²) in [4.78, 5) is 15.2. The minimum Gasteiger partial charge on any atom is -0.478 e. The summed E-state index contributed by atoms with van der Waals surface area (Å²) in [5.74, 6) is -0.547. The van der Waals surface area contributed by atoms with Crippen LogP contribution in [0.1, 0.15) is 21.6 Å². The van der Waals surface area contributed by atoms with Crippen molar-refractivity contribution in [3.05, 3.63) is 22.9 Å². The van der Waals surface area contributed by atoms with E-state index in [1.54, 1.807) is 20.1 Å². The fraction of sp³-hybridized carbons (Fsp3) is 0.400. The Hall–Kier alpha value is -1.07. The van der Waals surface area contributed by atoms with Gasteiger partial charge in [-0.25, -0.2) is 9.78 Å². The molecule has 1 aromatic rings. The fourth-order valence-corrected chi connectivity index (χ4v) is 2.11. The number of carboxylic acid groups (broad SMARTS) is 1. The molecule has 82 valence electrons. The van der Waals surface area contributed by atoms with E-state index in [2.05, 4.69) is 4.98 Å². The smallest absolute Gasteiger partial charge is 0.338 e. The van der Waals surface area contributed by atoms with Gasteiger partial charge < -0.3 is 9.84 Å². The molecule has 0 aliphatic rings. The topological polar surface area (TPSA) is 59.4 Å². The predicted octanol–water partition coefficient (Wildman–Crippen LogP) is 2.09. The lowest BCUT2D eigenvalue weighted by atomic mass is 10.1. The van der Waals surface area contributed by atoms with E-state index in [9.17, 15) is 4.79 Å². The van der Waals surface area contributed by atoms with Crippen molar-refractivity contribution in [3.8, 4) is 0 Å². The van der Waals surface area contributed by atoms with Gasteiger partial charge in [0.25, 0.3) is 0 Å². The summed E-state index contributed by atoms with van der Waals surface area (Å²) in [5, 5.41) is 9.56. The second-order valence-electron chi connectivity index (χ2n) is 3.12. The molecule has 1 aromatic heterocycles. The largest absolute Gasteiger partial charge is 0.478 e. The Kier molecular flexibility index (Phi) is 4.11. The molecule has 5 heteroatoms. The molecule has 0 bridgehead atoms. The molecular weight excluding hydrogens is 214 g/mol. The van der Waals surface area contributed by atoms with Gasteiger partial charge in [0.1, 0.15) is 5.03 Å². The van der Waals surface area contributed by atoms with Crippen LogP contribution in [-0.4, -0.2) is 29.1 Å². The Morgan fingerprint density at radius 2 is 2.27 bits per heavy atom. The third kappa shape index (κ3) is 2.94. The van der Waals surface area contributed by atoms with E-state index in [1.165, 1.54) is 11.8 Å². The molecule has 0 aliphatic heterocycles. The first-order valence-electron chi connectivity index (χ1n) is 4.39. The zero-order valence-corrected chi connectivity index (χ0v) is 9.72. The molecule has 1 rings (SSSR count). The highest BCUT2D eigenvalue weighted by Crippen LogP contribution is 2.24. The molecule has 4 nitrogen and oxygen atoms in total. The zero-order chi connectivity index (χ0) is 11.4. The Bertz CT molecular complexity index is 379. The molecule has 1 N–H and O–H groups in total. The number of nitrogens with zero attached hydrogens (tertiary/aromatic N) is 1. The summed E-state index contributed by atoms with van der Waals surface area (Å²) >= 11 is 1.29. The van der Waals surface area contributed by atoms with Gasteiger partial charge in [0.15, 0.2) is 0 Å². The van der Waals surface area contributed by atoms with Crippen molar-refractivity contribution in [2.75, 3.05) is 13.0 Å². The van der Waals surface area contributed by atoms with E-state index in [4.69, 9.17) is 9.84 Å². The molecular formula is C10H13NO3S. The minimum atomic E-state index is -0.946. The zero-order valence-electron chi connectivity index (χ0n) is 8.90. The number of aromatic carboxylic acids is 1. The van der Waals surface area contributed by atoms with Gasteiger partial charge in [0.2, 0.25) is 0 Å². The van der Waals surface area contributed by atoms with Crippen LogP contribution in [0, 0.1) is 13.8 Å². The Morgan fingerprint density at radius 3 is 2.80 bits per heavy atom. The van der Waals surface area contributed by atoms with Crippen LogP contribution in [0.25, 0.3) is 0 Å². The van der Waals surface area contributed by atoms with Crippen LogP contribution in [0.2, 0.25) is 0 Å². The van der Waals surface area contributed by atoms with Gasteiger partial charge in [-0.3, -0.25) is 0 Å². The molecule has 0 amide bonds. The number of thioether (sulfide) groups is 1. The maximum atomic E-state index is 11.0. The summed E-state index contributed by atoms with van der Waals surface area (Å²) in [5.41, 5.74) is 1.81. The highest BCUT2D eigenvalue weighted by atomic mass is 32.2. The Labute approximate surface area is 92.7 Å². The van der Waals surface area contributed by atoms with Gasteiger partial charge in [-0.15, -0.1) is 0 Å². The van der Waals surface area contributed by atoms with Gasteiger partial charge in [-0.05, 0) is 25.5 Å². The average Bonchev–Trinajstić information content (AvgIpc) is 2.12. The number of carbonyl (C=O) groups is 1. The van der Waals surface area contributed by atoms with Crippen LogP contribution < -0.4 is 0 Å². The lowest BCUT2D eigenvalue weighted by Crippen LogP contribution is -2.05. The molecule has 15 heavy (non-hydrogen) atoms. The number of rotatable bonds is 4. The quantitative estimate of drug-likeness (QED) is 0.630. The number of methoxy groups -OCH3 is 1. The first-order valence-corrected chi connectivity index (χ1v) is 5.38. The van der Waals surface area contributed by atoms with Crippen LogP contribution in [0.4, 0.5) is 0 Å². The lowest BCUT2D eigenvalue weighted by molar-refractivity contribution is 0.0691. The third-order valence-electron chi connectivity index (χ3n) is 1.84. The first kappa shape index (κ1) is 12.0. The van der Waals surface area contributed by atoms with Gasteiger partial charge in [0, 0.05) is 12.8 Å². The normalized spacial score (nSPS) is 10.3. The molecule has 0 saturated heterocycles. The summed E-state index contributed by atoms with van der Waals surface area (Å²) in [6.07, 6.45) is 0. The summed E-state index contributed by atoms with van der Waals surface area (Å²) < 4.78 is 4.89. The van der Waals surface area contributed by atoms with Crippen molar-refractivity contribution in [1.29, 1.82) is 0 Å². The maximum absolute atomic E-state index is 11.0. The SMILES string of the molecule is COCSc1nc(C)cc(C)c1C(=O)O. The van der Waals surface area contributed by atoms with Crippen molar-refractivity contribution < 1.29 is 14.6 Å². The molecule has 0 unspecified atom stereocenters. The number of aromatic nitrogens is 1. The molecule has 1 heterocycles. The molecule has 0 radical (unpaired) electrons. The third-order valence-corrected chi connectivity index (χ3v) is 2.76. The molecule has 0 aliphatic carbocycles. The maximum Gasteiger partial charge on any atom is 0.338 e. The molecule has 0 spiro atoms. The van der Waals surface area contributed by atoms with Crippen LogP contribution in [-0.2, 0) is 4.74 Å². The van der Waals surface area contributed by atoms with Gasteiger partial charge >= 0.3 is 5.97 Å². The Morgan fingerprint density at radius 1 is 1.60 bits per heavy atom.